The maximum absolute atomic E-state index is 11.4. The van der Waals surface area contributed by atoms with Crippen LogP contribution >= 0.6 is 11.3 Å². The molecule has 0 unspecified atom stereocenters. The maximum Gasteiger partial charge on any atom is 0.396 e. The van der Waals surface area contributed by atoms with E-state index >= 15 is 0 Å². The smallest absolute Gasteiger partial charge is 0.396 e. The molecule has 2 heterocycles. The second-order valence-corrected chi connectivity index (χ2v) is 4.69. The molecule has 0 spiro atoms. The minimum Gasteiger partial charge on any atom is -0.459 e. The first-order chi connectivity index (χ1) is 9.70. The van der Waals surface area contributed by atoms with E-state index in [9.17, 15) is 9.59 Å². The number of hydrogen-bond donors (Lipinski definition) is 1. The van der Waals surface area contributed by atoms with E-state index < -0.39 is 11.9 Å². The molecule has 0 saturated carbocycles. The molecule has 0 radical (unpaired) electrons. The summed E-state index contributed by atoms with van der Waals surface area (Å²) >= 11 is 1.39. The number of nitrogens with one attached hydrogen (secondary N) is 1. The molecule has 2 aromatic rings. The van der Waals surface area contributed by atoms with Gasteiger partial charge in [-0.1, -0.05) is 6.07 Å². The van der Waals surface area contributed by atoms with Crippen LogP contribution in [0.15, 0.2) is 29.8 Å². The normalized spacial score (nSPS) is 10.1. The summed E-state index contributed by atoms with van der Waals surface area (Å²) in [6, 6.07) is 5.57. The van der Waals surface area contributed by atoms with Crippen molar-refractivity contribution < 1.29 is 14.3 Å². The third-order valence-electron chi connectivity index (χ3n) is 2.34. The lowest BCUT2D eigenvalue weighted by Gasteiger charge is -2.02. The number of thiazole rings is 1. The highest BCUT2D eigenvalue weighted by Gasteiger charge is 2.14. The Bertz CT molecular complexity index is 598. The number of pyridine rings is 1. The van der Waals surface area contributed by atoms with Crippen LogP contribution in [0.25, 0.3) is 11.4 Å². The first-order valence-corrected chi connectivity index (χ1v) is 6.89. The van der Waals surface area contributed by atoms with Gasteiger partial charge in [-0.3, -0.25) is 9.78 Å². The fourth-order valence-electron chi connectivity index (χ4n) is 1.45. The number of esters is 1. The summed E-state index contributed by atoms with van der Waals surface area (Å²) in [6.07, 6.45) is 1.69. The molecule has 2 rings (SSSR count). The van der Waals surface area contributed by atoms with E-state index in [-0.39, 0.29) is 13.2 Å². The lowest BCUT2D eigenvalue weighted by molar-refractivity contribution is -0.154. The molecular formula is C13H13N3O3S. The van der Waals surface area contributed by atoms with E-state index in [0.29, 0.717) is 5.01 Å². The summed E-state index contributed by atoms with van der Waals surface area (Å²) in [4.78, 5) is 31.0. The molecule has 104 valence electrons. The van der Waals surface area contributed by atoms with Gasteiger partial charge in [-0.2, -0.15) is 0 Å². The molecule has 0 aliphatic carbocycles. The number of amides is 1. The van der Waals surface area contributed by atoms with Gasteiger partial charge in [-0.15, -0.1) is 11.3 Å². The molecule has 0 atom stereocenters. The van der Waals surface area contributed by atoms with Crippen molar-refractivity contribution >= 4 is 23.2 Å². The zero-order valence-electron chi connectivity index (χ0n) is 10.8. The van der Waals surface area contributed by atoms with Crippen LogP contribution in [0, 0.1) is 0 Å². The van der Waals surface area contributed by atoms with Crippen molar-refractivity contribution in [3.8, 4) is 11.4 Å². The lowest BCUT2D eigenvalue weighted by atomic mass is 10.3. The number of nitrogens with zero attached hydrogens (tertiary/aromatic N) is 2. The van der Waals surface area contributed by atoms with Crippen molar-refractivity contribution in [1.82, 2.24) is 15.3 Å². The van der Waals surface area contributed by atoms with Crippen LogP contribution in [0.3, 0.4) is 0 Å². The number of hydrogen-bond acceptors (Lipinski definition) is 6. The average Bonchev–Trinajstić information content (AvgIpc) is 2.95. The van der Waals surface area contributed by atoms with Gasteiger partial charge in [0.15, 0.2) is 0 Å². The van der Waals surface area contributed by atoms with Crippen LogP contribution in [0.5, 0.6) is 0 Å². The minimum absolute atomic E-state index is 0.174. The second-order valence-electron chi connectivity index (χ2n) is 3.74. The molecule has 0 aliphatic rings. The van der Waals surface area contributed by atoms with Crippen molar-refractivity contribution in [2.45, 2.75) is 13.5 Å². The molecule has 20 heavy (non-hydrogen) atoms. The predicted molar refractivity (Wildman–Crippen MR) is 73.8 cm³/mol. The Balaban J connectivity index is 1.94. The van der Waals surface area contributed by atoms with E-state index in [4.69, 9.17) is 0 Å². The first-order valence-electron chi connectivity index (χ1n) is 6.01. The van der Waals surface area contributed by atoms with Crippen LogP contribution < -0.4 is 5.32 Å². The average molecular weight is 291 g/mol. The second kappa shape index (κ2) is 6.76. The highest BCUT2D eigenvalue weighted by molar-refractivity contribution is 7.09. The van der Waals surface area contributed by atoms with Gasteiger partial charge in [0.05, 0.1) is 24.5 Å². The number of carbonyl (C=O) groups excluding carboxylic acids is 2. The molecule has 0 aliphatic heterocycles. The first kappa shape index (κ1) is 14.1. The van der Waals surface area contributed by atoms with Crippen LogP contribution in [-0.2, 0) is 20.9 Å². The minimum atomic E-state index is -0.881. The van der Waals surface area contributed by atoms with E-state index in [1.807, 2.05) is 23.6 Å². The Kier molecular flexibility index (Phi) is 4.78. The van der Waals surface area contributed by atoms with Crippen LogP contribution in [0.1, 0.15) is 11.9 Å². The van der Waals surface area contributed by atoms with Crippen LogP contribution in [0.4, 0.5) is 0 Å². The number of aromatic nitrogens is 2. The molecule has 0 fully saturated rings. The lowest BCUT2D eigenvalue weighted by Crippen LogP contribution is -2.32. The number of carbonyl (C=O) groups is 2. The maximum atomic E-state index is 11.4. The Morgan fingerprint density at radius 3 is 2.90 bits per heavy atom. The topological polar surface area (TPSA) is 81.2 Å². The standard InChI is InChI=1S/C13H13N3O3S/c1-2-19-13(18)12(17)15-7-11-16-10(8-20-11)9-5-3-4-6-14-9/h3-6,8H,2,7H2,1H3,(H,15,17). The summed E-state index contributed by atoms with van der Waals surface area (Å²) in [5.74, 6) is -1.64. The van der Waals surface area contributed by atoms with Gasteiger partial charge in [0.2, 0.25) is 0 Å². The number of rotatable bonds is 4. The Hall–Kier alpha value is -2.28. The summed E-state index contributed by atoms with van der Waals surface area (Å²) in [5.41, 5.74) is 1.52. The van der Waals surface area contributed by atoms with Crippen LogP contribution in [0.2, 0.25) is 0 Å². The summed E-state index contributed by atoms with van der Waals surface area (Å²) < 4.78 is 4.59. The molecule has 0 aromatic carbocycles. The molecule has 0 saturated heterocycles. The highest BCUT2D eigenvalue weighted by atomic mass is 32.1. The van der Waals surface area contributed by atoms with Crippen molar-refractivity contribution in [3.63, 3.8) is 0 Å². The molecule has 6 nitrogen and oxygen atoms in total. The molecule has 7 heteroatoms. The van der Waals surface area contributed by atoms with E-state index in [2.05, 4.69) is 20.0 Å². The van der Waals surface area contributed by atoms with E-state index in [0.717, 1.165) is 11.4 Å². The molecule has 1 N–H and O–H groups in total. The summed E-state index contributed by atoms with van der Waals surface area (Å²) in [7, 11) is 0. The summed E-state index contributed by atoms with van der Waals surface area (Å²) in [5, 5.41) is 5.02. The molecule has 2 aromatic heterocycles. The van der Waals surface area contributed by atoms with Crippen molar-refractivity contribution in [3.05, 3.63) is 34.8 Å². The van der Waals surface area contributed by atoms with Crippen LogP contribution in [-0.4, -0.2) is 28.5 Å². The quantitative estimate of drug-likeness (QED) is 0.680. The van der Waals surface area contributed by atoms with Crippen molar-refractivity contribution in [2.24, 2.45) is 0 Å². The van der Waals surface area contributed by atoms with E-state index in [1.54, 1.807) is 13.1 Å². The monoisotopic (exact) mass is 291 g/mol. The van der Waals surface area contributed by atoms with Gasteiger partial charge in [0.25, 0.3) is 0 Å². The zero-order valence-corrected chi connectivity index (χ0v) is 11.6. The van der Waals surface area contributed by atoms with E-state index in [1.165, 1.54) is 11.3 Å². The third kappa shape index (κ3) is 3.61. The van der Waals surface area contributed by atoms with Gasteiger partial charge in [0.1, 0.15) is 5.01 Å². The highest BCUT2D eigenvalue weighted by Crippen LogP contribution is 2.19. The van der Waals surface area contributed by atoms with Gasteiger partial charge in [0, 0.05) is 11.6 Å². The zero-order chi connectivity index (χ0) is 14.4. The molecule has 1 amide bonds. The number of ether oxygens (including phenoxy) is 1. The van der Waals surface area contributed by atoms with Gasteiger partial charge >= 0.3 is 11.9 Å². The predicted octanol–water partition coefficient (Wildman–Crippen LogP) is 1.38. The third-order valence-corrected chi connectivity index (χ3v) is 3.19. The molecule has 0 bridgehead atoms. The van der Waals surface area contributed by atoms with Gasteiger partial charge in [-0.25, -0.2) is 9.78 Å². The largest absolute Gasteiger partial charge is 0.459 e. The van der Waals surface area contributed by atoms with Crippen molar-refractivity contribution in [2.75, 3.05) is 6.61 Å². The SMILES string of the molecule is CCOC(=O)C(=O)NCc1nc(-c2ccccn2)cs1. The van der Waals surface area contributed by atoms with Crippen molar-refractivity contribution in [1.29, 1.82) is 0 Å². The van der Waals surface area contributed by atoms with Gasteiger partial charge < -0.3 is 10.1 Å². The summed E-state index contributed by atoms with van der Waals surface area (Å²) in [6.45, 7) is 2.01. The Morgan fingerprint density at radius 1 is 1.35 bits per heavy atom. The fraction of sp³-hybridized carbons (Fsp3) is 0.231. The fourth-order valence-corrected chi connectivity index (χ4v) is 2.18. The Labute approximate surface area is 119 Å². The molecular weight excluding hydrogens is 278 g/mol. The van der Waals surface area contributed by atoms with Gasteiger partial charge in [-0.05, 0) is 19.1 Å². The Morgan fingerprint density at radius 2 is 2.20 bits per heavy atom.